The lowest BCUT2D eigenvalue weighted by atomic mass is 10.0. The highest BCUT2D eigenvalue weighted by atomic mass is 35.5. The third kappa shape index (κ3) is 22.1. The molecule has 2 aromatic carbocycles. The van der Waals surface area contributed by atoms with Gasteiger partial charge in [0.1, 0.15) is 17.5 Å². The summed E-state index contributed by atoms with van der Waals surface area (Å²) in [5, 5.41) is 29.8. The van der Waals surface area contributed by atoms with E-state index < -0.39 is 18.0 Å². The SMILES string of the molecule is COc1ccc(OCCCNC(=O)CCCC(=O)NCCCOCCOCCOCCCNC(=O)CCCC[C@@H]2SC[C@@H]3NC(=O)N[C@@H]32)cc1C(=O)NC(CCCNC(=O)O)c1ncc(-c2cccc(Cl)c2)o1. The number of carbonyl (C=O) groups is 6. The smallest absolute Gasteiger partial charge is 0.404 e. The first kappa shape index (κ1) is 58.1. The Kier molecular flexibility index (Phi) is 26.3. The molecule has 402 valence electrons. The van der Waals surface area contributed by atoms with Crippen LogP contribution in [0.25, 0.3) is 11.3 Å². The molecule has 3 aromatic rings. The Hall–Kier alpha value is -5.81. The number of benzene rings is 2. The Morgan fingerprint density at radius 1 is 0.781 bits per heavy atom. The van der Waals surface area contributed by atoms with Gasteiger partial charge in [-0.05, 0) is 81.7 Å². The number of halogens is 1. The molecule has 8 N–H and O–H groups in total. The van der Waals surface area contributed by atoms with Crippen LogP contribution in [0.2, 0.25) is 5.02 Å². The van der Waals surface area contributed by atoms with Crippen LogP contribution in [-0.4, -0.2) is 148 Å². The summed E-state index contributed by atoms with van der Waals surface area (Å²) in [7, 11) is 1.45. The van der Waals surface area contributed by atoms with E-state index in [0.29, 0.717) is 131 Å². The van der Waals surface area contributed by atoms with Crippen molar-refractivity contribution in [3.8, 4) is 22.8 Å². The van der Waals surface area contributed by atoms with E-state index in [1.807, 2.05) is 17.8 Å². The fraction of sp³-hybridized carbons (Fsp3) is 0.580. The summed E-state index contributed by atoms with van der Waals surface area (Å²) >= 11 is 8.05. The largest absolute Gasteiger partial charge is 0.496 e. The lowest BCUT2D eigenvalue weighted by Crippen LogP contribution is -2.36. The molecule has 23 heteroatoms. The number of carboxylic acid groups (broad SMARTS) is 1. The maximum absolute atomic E-state index is 13.7. The van der Waals surface area contributed by atoms with E-state index in [4.69, 9.17) is 44.8 Å². The number of nitrogens with zero attached hydrogens (tertiary/aromatic N) is 1. The van der Waals surface area contributed by atoms with Crippen LogP contribution < -0.4 is 46.7 Å². The number of hydrogen-bond donors (Lipinski definition) is 8. The van der Waals surface area contributed by atoms with E-state index in [-0.39, 0.29) is 73.3 Å². The molecule has 1 aromatic heterocycles. The highest BCUT2D eigenvalue weighted by Gasteiger charge is 2.42. The van der Waals surface area contributed by atoms with Crippen LogP contribution in [-0.2, 0) is 28.6 Å². The van der Waals surface area contributed by atoms with Gasteiger partial charge >= 0.3 is 12.1 Å². The summed E-state index contributed by atoms with van der Waals surface area (Å²) in [6, 6.07) is 11.6. The number of oxazole rings is 1. The minimum Gasteiger partial charge on any atom is -0.496 e. The number of ether oxygens (including phenoxy) is 5. The number of methoxy groups -OCH3 is 1. The van der Waals surface area contributed by atoms with Crippen molar-refractivity contribution in [3.05, 3.63) is 65.1 Å². The number of hydrogen-bond acceptors (Lipinski definition) is 14. The second kappa shape index (κ2) is 33.1. The highest BCUT2D eigenvalue weighted by molar-refractivity contribution is 8.00. The van der Waals surface area contributed by atoms with Crippen LogP contribution in [0, 0.1) is 0 Å². The first-order valence-corrected chi connectivity index (χ1v) is 26.4. The van der Waals surface area contributed by atoms with Gasteiger partial charge in [-0.1, -0.05) is 30.2 Å². The molecule has 0 bridgehead atoms. The van der Waals surface area contributed by atoms with Crippen molar-refractivity contribution >= 4 is 59.1 Å². The first-order valence-electron chi connectivity index (χ1n) is 25.0. The van der Waals surface area contributed by atoms with E-state index in [1.54, 1.807) is 36.4 Å². The summed E-state index contributed by atoms with van der Waals surface area (Å²) in [5.41, 5.74) is 0.902. The minimum absolute atomic E-state index is 0.0521. The fourth-order valence-corrected chi connectivity index (χ4v) is 9.69. The van der Waals surface area contributed by atoms with Crippen molar-refractivity contribution in [1.29, 1.82) is 0 Å². The van der Waals surface area contributed by atoms with Crippen LogP contribution in [0.15, 0.2) is 53.1 Å². The van der Waals surface area contributed by atoms with Gasteiger partial charge in [-0.3, -0.25) is 19.2 Å². The fourth-order valence-electron chi connectivity index (χ4n) is 7.96. The van der Waals surface area contributed by atoms with Gasteiger partial charge in [0, 0.05) is 80.2 Å². The normalized spacial score (nSPS) is 16.1. The predicted molar refractivity (Wildman–Crippen MR) is 274 cm³/mol. The molecule has 2 fully saturated rings. The molecule has 2 aliphatic heterocycles. The average molecular weight is 1060 g/mol. The Morgan fingerprint density at radius 3 is 2.08 bits per heavy atom. The Bertz CT molecular complexity index is 2210. The van der Waals surface area contributed by atoms with Gasteiger partial charge < -0.3 is 70.4 Å². The van der Waals surface area contributed by atoms with Gasteiger partial charge in [0.05, 0.1) is 64.0 Å². The topological polar surface area (TPSA) is 279 Å². The van der Waals surface area contributed by atoms with Crippen molar-refractivity contribution in [2.45, 2.75) is 100 Å². The zero-order valence-corrected chi connectivity index (χ0v) is 43.1. The molecule has 0 saturated carbocycles. The number of rotatable bonds is 37. The highest BCUT2D eigenvalue weighted by Crippen LogP contribution is 2.33. The van der Waals surface area contributed by atoms with Gasteiger partial charge in [0.15, 0.2) is 5.76 Å². The summed E-state index contributed by atoms with van der Waals surface area (Å²) in [4.78, 5) is 77.4. The summed E-state index contributed by atoms with van der Waals surface area (Å²) in [6.45, 7) is 4.55. The van der Waals surface area contributed by atoms with E-state index >= 15 is 0 Å². The Morgan fingerprint density at radius 2 is 1.42 bits per heavy atom. The van der Waals surface area contributed by atoms with Crippen LogP contribution in [0.1, 0.15) is 99.3 Å². The molecular formula is C50H71ClN8O13S. The van der Waals surface area contributed by atoms with Gasteiger partial charge in [-0.25, -0.2) is 14.6 Å². The molecule has 0 spiro atoms. The van der Waals surface area contributed by atoms with Gasteiger partial charge in [-0.2, -0.15) is 11.8 Å². The molecule has 3 heterocycles. The lowest BCUT2D eigenvalue weighted by molar-refractivity contribution is -0.123. The summed E-state index contributed by atoms with van der Waals surface area (Å²) < 4.78 is 34.1. The molecule has 5 rings (SSSR count). The molecule has 7 amide bonds. The van der Waals surface area contributed by atoms with Crippen molar-refractivity contribution < 1.29 is 62.0 Å². The minimum atomic E-state index is -1.15. The Labute approximate surface area is 435 Å². The second-order valence-electron chi connectivity index (χ2n) is 17.4. The number of nitrogens with one attached hydrogen (secondary N) is 7. The molecule has 0 radical (unpaired) electrons. The van der Waals surface area contributed by atoms with Crippen LogP contribution in [0.5, 0.6) is 11.5 Å². The quantitative estimate of drug-likeness (QED) is 0.0266. The standard InChI is InChI=1S/C50H71ClN8O13S/c1-67-40-18-17-36(31-37(40)47(63)57-38(12-6-19-55-50(65)66)48-56-32-41(72-48)34-10-4-11-35(51)30-34)71-25-9-22-54-45(62)16-5-15-44(61)53-21-8-24-69-27-29-70-28-26-68-23-7-20-52-43(60)14-3-2-13-42-46-39(33-73-42)58-49(64)59-46/h4,10-11,17-18,30-32,38-39,42,46,55H,2-3,5-9,12-16,19-29,33H2,1H3,(H,52,60)(H,53,61)(H,54,62)(H,57,63)(H,65,66)(H2,58,59,64)/t38?,39-,42-,46-/m0/s1. The van der Waals surface area contributed by atoms with E-state index in [1.165, 1.54) is 13.3 Å². The van der Waals surface area contributed by atoms with E-state index in [2.05, 4.69) is 42.2 Å². The first-order chi connectivity index (χ1) is 35.5. The number of unbranched alkanes of at least 4 members (excludes halogenated alkanes) is 1. The Balaban J connectivity index is 0.824. The van der Waals surface area contributed by atoms with E-state index in [0.717, 1.165) is 31.4 Å². The third-order valence-corrected chi connectivity index (χ3v) is 13.5. The van der Waals surface area contributed by atoms with Crippen molar-refractivity contribution in [2.24, 2.45) is 0 Å². The van der Waals surface area contributed by atoms with Gasteiger partial charge in [0.25, 0.3) is 5.91 Å². The van der Waals surface area contributed by atoms with Crippen molar-refractivity contribution in [2.75, 3.05) is 85.3 Å². The maximum atomic E-state index is 13.7. The van der Waals surface area contributed by atoms with Crippen molar-refractivity contribution in [1.82, 2.24) is 42.2 Å². The zero-order valence-electron chi connectivity index (χ0n) is 41.5. The molecule has 4 atom stereocenters. The van der Waals surface area contributed by atoms with Crippen LogP contribution >= 0.6 is 23.4 Å². The summed E-state index contributed by atoms with van der Waals surface area (Å²) in [6.07, 6.45) is 7.06. The number of amides is 7. The molecule has 73 heavy (non-hydrogen) atoms. The number of thioether (sulfide) groups is 1. The summed E-state index contributed by atoms with van der Waals surface area (Å²) in [5.74, 6) is 1.60. The van der Waals surface area contributed by atoms with Crippen LogP contribution in [0.4, 0.5) is 9.59 Å². The van der Waals surface area contributed by atoms with E-state index in [9.17, 15) is 28.8 Å². The molecule has 2 saturated heterocycles. The average Bonchev–Trinajstić information content (AvgIpc) is 4.12. The van der Waals surface area contributed by atoms with Gasteiger partial charge in [0.2, 0.25) is 23.6 Å². The number of carbonyl (C=O) groups excluding carboxylic acids is 5. The second-order valence-corrected chi connectivity index (χ2v) is 19.1. The number of fused-ring (bicyclic) bond motifs is 1. The molecule has 21 nitrogen and oxygen atoms in total. The van der Waals surface area contributed by atoms with Gasteiger partial charge in [-0.15, -0.1) is 0 Å². The predicted octanol–water partition coefficient (Wildman–Crippen LogP) is 5.37. The lowest BCUT2D eigenvalue weighted by Gasteiger charge is -2.18. The number of urea groups is 1. The van der Waals surface area contributed by atoms with Crippen LogP contribution in [0.3, 0.4) is 0 Å². The molecule has 2 aliphatic rings. The monoisotopic (exact) mass is 1060 g/mol. The molecule has 1 unspecified atom stereocenters. The molecule has 0 aliphatic carbocycles. The van der Waals surface area contributed by atoms with Crippen molar-refractivity contribution in [3.63, 3.8) is 0 Å². The number of aromatic nitrogens is 1. The third-order valence-electron chi connectivity index (χ3n) is 11.7. The zero-order chi connectivity index (χ0) is 52.0. The molecular weight excluding hydrogens is 988 g/mol. The maximum Gasteiger partial charge on any atom is 0.404 e.